The van der Waals surface area contributed by atoms with Gasteiger partial charge in [-0.25, -0.2) is 8.78 Å². The minimum atomic E-state index is -2.55. The van der Waals surface area contributed by atoms with Crippen LogP contribution in [0.3, 0.4) is 0 Å². The van der Waals surface area contributed by atoms with E-state index in [-0.39, 0.29) is 5.56 Å². The van der Waals surface area contributed by atoms with E-state index in [1.807, 2.05) is 0 Å². The van der Waals surface area contributed by atoms with E-state index >= 15 is 0 Å². The number of halogens is 4. The highest BCUT2D eigenvalue weighted by atomic mass is 32.2. The molecule has 0 aliphatic rings. The van der Waals surface area contributed by atoms with Crippen LogP contribution in [0.1, 0.15) is 18.5 Å². The van der Waals surface area contributed by atoms with Gasteiger partial charge in [0.25, 0.3) is 5.76 Å². The number of nitrogens with one attached hydrogen (secondary N) is 1. The maximum absolute atomic E-state index is 13.7. The molecular weight excluding hydrogens is 302 g/mol. The normalized spacial score (nSPS) is 12.5. The van der Waals surface area contributed by atoms with E-state index in [0.717, 1.165) is 18.2 Å². The molecule has 0 aliphatic carbocycles. The van der Waals surface area contributed by atoms with Gasteiger partial charge in [0.05, 0.1) is 6.04 Å². The van der Waals surface area contributed by atoms with Gasteiger partial charge >= 0.3 is 0 Å². The van der Waals surface area contributed by atoms with E-state index in [1.54, 1.807) is 31.2 Å². The number of anilines is 1. The first-order chi connectivity index (χ1) is 9.97. The Hall–Kier alpha value is -1.69. The Kier molecular flexibility index (Phi) is 5.12. The van der Waals surface area contributed by atoms with E-state index < -0.39 is 23.4 Å². The van der Waals surface area contributed by atoms with Crippen molar-refractivity contribution in [1.29, 1.82) is 0 Å². The summed E-state index contributed by atoms with van der Waals surface area (Å²) in [6.45, 7) is 1.64. The molecule has 6 heteroatoms. The van der Waals surface area contributed by atoms with Crippen LogP contribution in [0.15, 0.2) is 47.4 Å². The van der Waals surface area contributed by atoms with Crippen LogP contribution < -0.4 is 5.32 Å². The van der Waals surface area contributed by atoms with Crippen LogP contribution in [-0.4, -0.2) is 5.76 Å². The summed E-state index contributed by atoms with van der Waals surface area (Å²) in [5, 5.41) is 2.94. The standard InChI is InChI=1S/C15H13F4NS/c1-9(11-8-10(16)6-7-12(11)17)20-13-4-2-3-5-14(13)21-15(18)19/h2-9,15,20H,1H3. The molecule has 0 aromatic heterocycles. The molecule has 2 rings (SSSR count). The molecule has 21 heavy (non-hydrogen) atoms. The van der Waals surface area contributed by atoms with Crippen LogP contribution in [0.25, 0.3) is 0 Å². The van der Waals surface area contributed by atoms with Crippen LogP contribution in [-0.2, 0) is 0 Å². The van der Waals surface area contributed by atoms with Crippen molar-refractivity contribution in [3.05, 3.63) is 59.7 Å². The van der Waals surface area contributed by atoms with Gasteiger partial charge in [-0.3, -0.25) is 0 Å². The molecule has 1 atom stereocenters. The summed E-state index contributed by atoms with van der Waals surface area (Å²) in [5.74, 6) is -3.64. The lowest BCUT2D eigenvalue weighted by Gasteiger charge is -2.18. The Morgan fingerprint density at radius 3 is 2.48 bits per heavy atom. The molecule has 112 valence electrons. The van der Waals surface area contributed by atoms with Crippen molar-refractivity contribution < 1.29 is 17.6 Å². The van der Waals surface area contributed by atoms with E-state index in [4.69, 9.17) is 0 Å². The first kappa shape index (κ1) is 15.7. The number of hydrogen-bond donors (Lipinski definition) is 1. The Morgan fingerprint density at radius 2 is 1.76 bits per heavy atom. The third-order valence-corrected chi connectivity index (χ3v) is 3.69. The Balaban J connectivity index is 2.23. The molecule has 0 fully saturated rings. The number of benzene rings is 2. The number of rotatable bonds is 5. The van der Waals surface area contributed by atoms with Gasteiger partial charge in [-0.15, -0.1) is 0 Å². The van der Waals surface area contributed by atoms with Crippen molar-refractivity contribution in [2.24, 2.45) is 0 Å². The quantitative estimate of drug-likeness (QED) is 0.581. The zero-order valence-corrected chi connectivity index (χ0v) is 11.9. The molecule has 0 bridgehead atoms. The zero-order chi connectivity index (χ0) is 15.4. The molecule has 2 aromatic rings. The summed E-state index contributed by atoms with van der Waals surface area (Å²) in [5.41, 5.74) is 0.603. The molecule has 0 saturated heterocycles. The zero-order valence-electron chi connectivity index (χ0n) is 11.1. The third kappa shape index (κ3) is 4.14. The second-order valence-corrected chi connectivity index (χ2v) is 5.44. The SMILES string of the molecule is CC(Nc1ccccc1SC(F)F)c1cc(F)ccc1F. The molecule has 0 heterocycles. The summed E-state index contributed by atoms with van der Waals surface area (Å²) >= 11 is 0.406. The minimum absolute atomic E-state index is 0.145. The molecular formula is C15H13F4NS. The Morgan fingerprint density at radius 1 is 1.05 bits per heavy atom. The van der Waals surface area contributed by atoms with Crippen molar-refractivity contribution in [2.45, 2.75) is 23.6 Å². The lowest BCUT2D eigenvalue weighted by atomic mass is 10.1. The highest BCUT2D eigenvalue weighted by molar-refractivity contribution is 7.99. The Bertz CT molecular complexity index is 618. The van der Waals surface area contributed by atoms with E-state index in [1.165, 1.54) is 0 Å². The monoisotopic (exact) mass is 315 g/mol. The topological polar surface area (TPSA) is 12.0 Å². The predicted octanol–water partition coefficient (Wildman–Crippen LogP) is 5.45. The predicted molar refractivity (Wildman–Crippen MR) is 76.7 cm³/mol. The molecule has 0 saturated carbocycles. The molecule has 0 spiro atoms. The molecule has 0 amide bonds. The van der Waals surface area contributed by atoms with E-state index in [2.05, 4.69) is 5.32 Å². The van der Waals surface area contributed by atoms with Crippen molar-refractivity contribution in [2.75, 3.05) is 5.32 Å². The first-order valence-corrected chi connectivity index (χ1v) is 7.10. The van der Waals surface area contributed by atoms with Crippen LogP contribution in [0, 0.1) is 11.6 Å². The van der Waals surface area contributed by atoms with Gasteiger partial charge in [-0.2, -0.15) is 8.78 Å². The van der Waals surface area contributed by atoms with Gasteiger partial charge in [0.1, 0.15) is 11.6 Å². The maximum atomic E-state index is 13.7. The van der Waals surface area contributed by atoms with Crippen molar-refractivity contribution in [3.8, 4) is 0 Å². The van der Waals surface area contributed by atoms with Gasteiger partial charge in [0.2, 0.25) is 0 Å². The van der Waals surface area contributed by atoms with Gasteiger partial charge < -0.3 is 5.32 Å². The van der Waals surface area contributed by atoms with Gasteiger partial charge in [-0.1, -0.05) is 23.9 Å². The van der Waals surface area contributed by atoms with Crippen LogP contribution in [0.4, 0.5) is 23.2 Å². The highest BCUT2D eigenvalue weighted by Gasteiger charge is 2.15. The van der Waals surface area contributed by atoms with Crippen molar-refractivity contribution >= 4 is 17.4 Å². The maximum Gasteiger partial charge on any atom is 0.288 e. The molecule has 0 aliphatic heterocycles. The summed E-state index contributed by atoms with van der Waals surface area (Å²) in [4.78, 5) is 0.358. The smallest absolute Gasteiger partial charge is 0.288 e. The second kappa shape index (κ2) is 6.85. The summed E-state index contributed by atoms with van der Waals surface area (Å²) in [6.07, 6.45) is 0. The highest BCUT2D eigenvalue weighted by Crippen LogP contribution is 2.33. The summed E-state index contributed by atoms with van der Waals surface area (Å²) < 4.78 is 51.9. The van der Waals surface area contributed by atoms with Crippen molar-refractivity contribution in [1.82, 2.24) is 0 Å². The average molecular weight is 315 g/mol. The lowest BCUT2D eigenvalue weighted by Crippen LogP contribution is -2.10. The fraction of sp³-hybridized carbons (Fsp3) is 0.200. The van der Waals surface area contributed by atoms with Crippen molar-refractivity contribution in [3.63, 3.8) is 0 Å². The molecule has 1 unspecified atom stereocenters. The molecule has 2 aromatic carbocycles. The number of alkyl halides is 2. The summed E-state index contributed by atoms with van der Waals surface area (Å²) in [6, 6.07) is 9.12. The largest absolute Gasteiger partial charge is 0.378 e. The number of para-hydroxylation sites is 1. The number of thioether (sulfide) groups is 1. The minimum Gasteiger partial charge on any atom is -0.378 e. The van der Waals surface area contributed by atoms with E-state index in [0.29, 0.717) is 22.3 Å². The first-order valence-electron chi connectivity index (χ1n) is 6.22. The molecule has 0 radical (unpaired) electrons. The lowest BCUT2D eigenvalue weighted by molar-refractivity contribution is 0.252. The summed E-state index contributed by atoms with van der Waals surface area (Å²) in [7, 11) is 0. The van der Waals surface area contributed by atoms with Crippen LogP contribution >= 0.6 is 11.8 Å². The average Bonchev–Trinajstić information content (AvgIpc) is 2.43. The molecule has 1 nitrogen and oxygen atoms in total. The fourth-order valence-corrected chi connectivity index (χ4v) is 2.55. The Labute approximate surface area is 124 Å². The van der Waals surface area contributed by atoms with Crippen LogP contribution in [0.2, 0.25) is 0 Å². The molecule has 1 N–H and O–H groups in total. The second-order valence-electron chi connectivity index (χ2n) is 4.41. The number of hydrogen-bond acceptors (Lipinski definition) is 2. The van der Waals surface area contributed by atoms with Crippen LogP contribution in [0.5, 0.6) is 0 Å². The van der Waals surface area contributed by atoms with Gasteiger partial charge in [-0.05, 0) is 37.3 Å². The fourth-order valence-electron chi connectivity index (χ4n) is 1.94. The third-order valence-electron chi connectivity index (χ3n) is 2.90. The van der Waals surface area contributed by atoms with Gasteiger partial charge in [0.15, 0.2) is 0 Å². The van der Waals surface area contributed by atoms with Gasteiger partial charge in [0, 0.05) is 16.1 Å². The van der Waals surface area contributed by atoms with E-state index in [9.17, 15) is 17.6 Å².